The smallest absolute Gasteiger partial charge is 0.245 e. The Kier molecular flexibility index (Phi) is 3.69. The van der Waals surface area contributed by atoms with E-state index < -0.39 is 6.04 Å². The third kappa shape index (κ3) is 2.73. The van der Waals surface area contributed by atoms with Gasteiger partial charge < -0.3 is 11.1 Å². The van der Waals surface area contributed by atoms with Gasteiger partial charge in [0.1, 0.15) is 6.04 Å². The fourth-order valence-corrected chi connectivity index (χ4v) is 1.64. The summed E-state index contributed by atoms with van der Waals surface area (Å²) in [5.41, 5.74) is 8.35. The number of nitrogens with zero attached hydrogens (tertiary/aromatic N) is 1. The van der Waals surface area contributed by atoms with Gasteiger partial charge in [0.2, 0.25) is 5.91 Å². The lowest BCUT2D eigenvalue weighted by Crippen LogP contribution is -2.27. The number of carbonyl (C=O) groups is 1. The average molecular weight is 241 g/mol. The van der Waals surface area contributed by atoms with E-state index in [1.165, 1.54) is 0 Å². The van der Waals surface area contributed by atoms with Crippen LogP contribution in [0.4, 0.5) is 5.69 Å². The molecule has 0 saturated heterocycles. The maximum atomic E-state index is 12.0. The minimum absolute atomic E-state index is 0.226. The Hall–Kier alpha value is -2.20. The number of anilines is 1. The summed E-state index contributed by atoms with van der Waals surface area (Å²) < 4.78 is 0. The van der Waals surface area contributed by atoms with Gasteiger partial charge in [0.05, 0.1) is 0 Å². The molecule has 1 aromatic carbocycles. The fourth-order valence-electron chi connectivity index (χ4n) is 1.64. The van der Waals surface area contributed by atoms with E-state index in [0.717, 1.165) is 16.8 Å². The van der Waals surface area contributed by atoms with Crippen molar-refractivity contribution in [1.82, 2.24) is 4.98 Å². The highest BCUT2D eigenvalue weighted by Gasteiger charge is 2.15. The zero-order valence-electron chi connectivity index (χ0n) is 10.1. The van der Waals surface area contributed by atoms with E-state index in [1.807, 2.05) is 37.3 Å². The molecule has 0 saturated carbocycles. The molecular formula is C14H15N3O. The maximum absolute atomic E-state index is 12.0. The molecule has 0 aliphatic carbocycles. The molecule has 2 rings (SSSR count). The summed E-state index contributed by atoms with van der Waals surface area (Å²) in [6.07, 6.45) is 3.33. The van der Waals surface area contributed by atoms with E-state index >= 15 is 0 Å². The van der Waals surface area contributed by atoms with Crippen LogP contribution in [0.2, 0.25) is 0 Å². The van der Waals surface area contributed by atoms with Gasteiger partial charge in [-0.1, -0.05) is 30.3 Å². The number of aryl methyl sites for hydroxylation is 1. The summed E-state index contributed by atoms with van der Waals surface area (Å²) in [5.74, 6) is -0.226. The van der Waals surface area contributed by atoms with Crippen LogP contribution in [0, 0.1) is 6.92 Å². The number of nitrogens with two attached hydrogens (primary N) is 1. The van der Waals surface area contributed by atoms with E-state index in [1.54, 1.807) is 18.5 Å². The zero-order valence-corrected chi connectivity index (χ0v) is 10.1. The first kappa shape index (κ1) is 12.3. The Balaban J connectivity index is 2.12. The van der Waals surface area contributed by atoms with Crippen molar-refractivity contribution < 1.29 is 4.79 Å². The number of amides is 1. The number of benzene rings is 1. The number of carbonyl (C=O) groups excluding carboxylic acids is 1. The first-order valence-corrected chi connectivity index (χ1v) is 5.70. The van der Waals surface area contributed by atoms with Gasteiger partial charge in [0, 0.05) is 18.1 Å². The van der Waals surface area contributed by atoms with Gasteiger partial charge in [-0.2, -0.15) is 0 Å². The standard InChI is InChI=1S/C14H15N3O/c1-10-9-16-8-7-12(10)17-14(18)13(15)11-5-3-2-4-6-11/h2-9,13H,15H2,1H3,(H,16,17,18). The van der Waals surface area contributed by atoms with E-state index in [-0.39, 0.29) is 5.91 Å². The minimum atomic E-state index is -0.668. The second-order valence-corrected chi connectivity index (χ2v) is 4.07. The quantitative estimate of drug-likeness (QED) is 0.864. The summed E-state index contributed by atoms with van der Waals surface area (Å²) in [4.78, 5) is 16.0. The maximum Gasteiger partial charge on any atom is 0.245 e. The highest BCUT2D eigenvalue weighted by atomic mass is 16.2. The van der Waals surface area contributed by atoms with E-state index in [0.29, 0.717) is 0 Å². The van der Waals surface area contributed by atoms with Crippen LogP contribution in [0.5, 0.6) is 0 Å². The van der Waals surface area contributed by atoms with Gasteiger partial charge in [0.25, 0.3) is 0 Å². The van der Waals surface area contributed by atoms with Gasteiger partial charge in [-0.15, -0.1) is 0 Å². The molecule has 4 heteroatoms. The van der Waals surface area contributed by atoms with Gasteiger partial charge in [-0.25, -0.2) is 0 Å². The first-order chi connectivity index (χ1) is 8.68. The van der Waals surface area contributed by atoms with Crippen LogP contribution in [-0.4, -0.2) is 10.9 Å². The average Bonchev–Trinajstić information content (AvgIpc) is 2.41. The molecule has 0 bridgehead atoms. The summed E-state index contributed by atoms with van der Waals surface area (Å²) in [5, 5.41) is 2.80. The Morgan fingerprint density at radius 3 is 2.67 bits per heavy atom. The lowest BCUT2D eigenvalue weighted by atomic mass is 10.1. The molecule has 1 heterocycles. The second kappa shape index (κ2) is 5.42. The molecule has 1 amide bonds. The predicted molar refractivity (Wildman–Crippen MR) is 71.0 cm³/mol. The number of hydrogen-bond acceptors (Lipinski definition) is 3. The third-order valence-corrected chi connectivity index (χ3v) is 2.72. The van der Waals surface area contributed by atoms with E-state index in [2.05, 4.69) is 10.3 Å². The van der Waals surface area contributed by atoms with E-state index in [9.17, 15) is 4.79 Å². The molecule has 0 spiro atoms. The minimum Gasteiger partial charge on any atom is -0.324 e. The Morgan fingerprint density at radius 2 is 2.00 bits per heavy atom. The lowest BCUT2D eigenvalue weighted by molar-refractivity contribution is -0.117. The van der Waals surface area contributed by atoms with Crippen molar-refractivity contribution in [2.45, 2.75) is 13.0 Å². The normalized spacial score (nSPS) is 11.9. The second-order valence-electron chi connectivity index (χ2n) is 4.07. The lowest BCUT2D eigenvalue weighted by Gasteiger charge is -2.13. The monoisotopic (exact) mass is 241 g/mol. The largest absolute Gasteiger partial charge is 0.324 e. The van der Waals surface area contributed by atoms with Crippen LogP contribution in [-0.2, 0) is 4.79 Å². The molecule has 0 radical (unpaired) electrons. The van der Waals surface area contributed by atoms with Gasteiger partial charge in [0.15, 0.2) is 0 Å². The highest BCUT2D eigenvalue weighted by Crippen LogP contribution is 2.15. The summed E-state index contributed by atoms with van der Waals surface area (Å²) in [6, 6.07) is 10.4. The highest BCUT2D eigenvalue weighted by molar-refractivity contribution is 5.95. The number of nitrogens with one attached hydrogen (secondary N) is 1. The molecule has 1 aromatic heterocycles. The molecule has 0 aliphatic rings. The Bertz CT molecular complexity index is 540. The van der Waals surface area contributed by atoms with E-state index in [4.69, 9.17) is 5.73 Å². The molecule has 1 unspecified atom stereocenters. The number of aromatic nitrogens is 1. The molecule has 4 nitrogen and oxygen atoms in total. The zero-order chi connectivity index (χ0) is 13.0. The van der Waals surface area contributed by atoms with Crippen molar-refractivity contribution >= 4 is 11.6 Å². The number of rotatable bonds is 3. The topological polar surface area (TPSA) is 68.0 Å². The number of pyridine rings is 1. The van der Waals surface area contributed by atoms with Crippen LogP contribution in [0.3, 0.4) is 0 Å². The first-order valence-electron chi connectivity index (χ1n) is 5.70. The summed E-state index contributed by atoms with van der Waals surface area (Å²) in [7, 11) is 0. The van der Waals surface area contributed by atoms with Crippen LogP contribution in [0.15, 0.2) is 48.8 Å². The van der Waals surface area contributed by atoms with Crippen molar-refractivity contribution in [2.24, 2.45) is 5.73 Å². The van der Waals surface area contributed by atoms with Gasteiger partial charge >= 0.3 is 0 Å². The Morgan fingerprint density at radius 1 is 1.28 bits per heavy atom. The van der Waals surface area contributed by atoms with Gasteiger partial charge in [-0.05, 0) is 24.1 Å². The van der Waals surface area contributed by atoms with Crippen molar-refractivity contribution in [2.75, 3.05) is 5.32 Å². The molecule has 18 heavy (non-hydrogen) atoms. The van der Waals surface area contributed by atoms with Crippen LogP contribution >= 0.6 is 0 Å². The molecule has 92 valence electrons. The van der Waals surface area contributed by atoms with Crippen molar-refractivity contribution in [3.63, 3.8) is 0 Å². The number of hydrogen-bond donors (Lipinski definition) is 2. The van der Waals surface area contributed by atoms with Crippen molar-refractivity contribution in [3.8, 4) is 0 Å². The van der Waals surface area contributed by atoms with Crippen LogP contribution in [0.1, 0.15) is 17.2 Å². The molecule has 2 aromatic rings. The molecule has 1 atom stereocenters. The molecule has 3 N–H and O–H groups in total. The van der Waals surface area contributed by atoms with Crippen LogP contribution < -0.4 is 11.1 Å². The molecule has 0 aliphatic heterocycles. The van der Waals surface area contributed by atoms with Crippen molar-refractivity contribution in [1.29, 1.82) is 0 Å². The predicted octanol–water partition coefficient (Wildman–Crippen LogP) is 2.03. The summed E-state index contributed by atoms with van der Waals surface area (Å²) >= 11 is 0. The summed E-state index contributed by atoms with van der Waals surface area (Å²) in [6.45, 7) is 1.89. The molecular weight excluding hydrogens is 226 g/mol. The Labute approximate surface area is 106 Å². The SMILES string of the molecule is Cc1cnccc1NC(=O)C(N)c1ccccc1. The van der Waals surface area contributed by atoms with Crippen LogP contribution in [0.25, 0.3) is 0 Å². The van der Waals surface area contributed by atoms with Gasteiger partial charge in [-0.3, -0.25) is 9.78 Å². The third-order valence-electron chi connectivity index (χ3n) is 2.72. The molecule has 0 fully saturated rings. The fraction of sp³-hybridized carbons (Fsp3) is 0.143. The van der Waals surface area contributed by atoms with Crippen molar-refractivity contribution in [3.05, 3.63) is 59.9 Å².